The van der Waals surface area contributed by atoms with Crippen molar-refractivity contribution in [1.82, 2.24) is 9.88 Å². The van der Waals surface area contributed by atoms with Crippen molar-refractivity contribution < 1.29 is 9.90 Å². The Hall–Kier alpha value is -2.05. The van der Waals surface area contributed by atoms with E-state index in [2.05, 4.69) is 21.8 Å². The molecule has 1 aliphatic rings. The average molecular weight is 324 g/mol. The van der Waals surface area contributed by atoms with Gasteiger partial charge in [-0.1, -0.05) is 6.07 Å². The number of para-hydroxylation sites is 1. The largest absolute Gasteiger partial charge is 0.477 e. The average Bonchev–Trinajstić information content (AvgIpc) is 2.47. The van der Waals surface area contributed by atoms with Crippen LogP contribution in [0, 0.1) is 0 Å². The van der Waals surface area contributed by atoms with Crippen molar-refractivity contribution in [2.75, 3.05) is 38.1 Å². The maximum absolute atomic E-state index is 12.1. The van der Waals surface area contributed by atoms with Crippen molar-refractivity contribution in [2.24, 2.45) is 0 Å². The smallest absolute Gasteiger partial charge is 0.352 e. The normalized spacial score (nSPS) is 15.6. The molecule has 0 atom stereocenters. The molecular weight excluding hydrogens is 306 g/mol. The number of likely N-dealkylation sites (N-methyl/N-ethyl adjacent to an activating group) is 1. The van der Waals surface area contributed by atoms with Crippen LogP contribution in [-0.2, 0) is 0 Å². The number of anilines is 1. The second-order valence-corrected chi connectivity index (χ2v) is 5.34. The number of hydrogen-bond acceptors (Lipinski definition) is 4. The molecule has 0 aliphatic carbocycles. The van der Waals surface area contributed by atoms with Crippen LogP contribution in [0.5, 0.6) is 0 Å². The highest BCUT2D eigenvalue weighted by atomic mass is 35.5. The minimum Gasteiger partial charge on any atom is -0.477 e. The van der Waals surface area contributed by atoms with E-state index in [9.17, 15) is 9.59 Å². The van der Waals surface area contributed by atoms with Crippen LogP contribution in [0.1, 0.15) is 10.5 Å². The number of aromatic amines is 1. The van der Waals surface area contributed by atoms with Gasteiger partial charge in [0.25, 0.3) is 0 Å². The summed E-state index contributed by atoms with van der Waals surface area (Å²) in [6.45, 7) is 3.60. The molecule has 0 bridgehead atoms. The van der Waals surface area contributed by atoms with Crippen LogP contribution in [0.25, 0.3) is 10.9 Å². The zero-order valence-corrected chi connectivity index (χ0v) is 13.0. The van der Waals surface area contributed by atoms with E-state index in [1.165, 1.54) is 0 Å². The molecule has 1 aromatic carbocycles. The van der Waals surface area contributed by atoms with Crippen LogP contribution in [0.4, 0.5) is 5.69 Å². The second-order valence-electron chi connectivity index (χ2n) is 5.34. The van der Waals surface area contributed by atoms with Gasteiger partial charge in [-0.2, -0.15) is 0 Å². The highest BCUT2D eigenvalue weighted by Gasteiger charge is 2.18. The van der Waals surface area contributed by atoms with Crippen LogP contribution >= 0.6 is 12.4 Å². The molecule has 0 radical (unpaired) electrons. The predicted octanol–water partition coefficient (Wildman–Crippen LogP) is 1.40. The number of halogens is 1. The van der Waals surface area contributed by atoms with E-state index in [0.29, 0.717) is 10.9 Å². The number of H-pyrrole nitrogens is 1. The van der Waals surface area contributed by atoms with Crippen LogP contribution in [-0.4, -0.2) is 54.2 Å². The molecule has 2 N–H and O–H groups in total. The first kappa shape index (κ1) is 16.3. The topological polar surface area (TPSA) is 76.6 Å². The highest BCUT2D eigenvalue weighted by Crippen LogP contribution is 2.24. The molecule has 7 heteroatoms. The van der Waals surface area contributed by atoms with Gasteiger partial charge >= 0.3 is 5.97 Å². The fourth-order valence-electron chi connectivity index (χ4n) is 2.68. The number of aromatic nitrogens is 1. The third kappa shape index (κ3) is 2.93. The second kappa shape index (κ2) is 6.37. The number of benzene rings is 1. The maximum Gasteiger partial charge on any atom is 0.352 e. The quantitative estimate of drug-likeness (QED) is 0.873. The summed E-state index contributed by atoms with van der Waals surface area (Å²) < 4.78 is 0. The molecule has 1 aliphatic heterocycles. The number of nitrogens with one attached hydrogen (secondary N) is 1. The Balaban J connectivity index is 0.00000176. The van der Waals surface area contributed by atoms with E-state index in [0.717, 1.165) is 37.9 Å². The highest BCUT2D eigenvalue weighted by molar-refractivity contribution is 5.95. The Morgan fingerprint density at radius 1 is 1.23 bits per heavy atom. The monoisotopic (exact) mass is 323 g/mol. The lowest BCUT2D eigenvalue weighted by Gasteiger charge is -2.34. The van der Waals surface area contributed by atoms with Crippen molar-refractivity contribution in [3.8, 4) is 0 Å². The number of aromatic carboxylic acids is 1. The maximum atomic E-state index is 12.1. The minimum atomic E-state index is -1.12. The van der Waals surface area contributed by atoms with Crippen molar-refractivity contribution in [3.63, 3.8) is 0 Å². The minimum absolute atomic E-state index is 0. The van der Waals surface area contributed by atoms with Crippen LogP contribution in [0.15, 0.2) is 29.1 Å². The van der Waals surface area contributed by atoms with Gasteiger partial charge in [0.2, 0.25) is 0 Å². The number of carboxylic acid groups (broad SMARTS) is 1. The van der Waals surface area contributed by atoms with Gasteiger partial charge in [0.05, 0.1) is 11.2 Å². The Labute approximate surface area is 133 Å². The molecule has 1 saturated heterocycles. The van der Waals surface area contributed by atoms with Gasteiger partial charge in [0, 0.05) is 37.6 Å². The van der Waals surface area contributed by atoms with E-state index in [1.54, 1.807) is 6.07 Å². The Kier molecular flexibility index (Phi) is 4.73. The molecular formula is C15H18ClN3O3. The van der Waals surface area contributed by atoms with Crippen molar-refractivity contribution in [2.45, 2.75) is 0 Å². The van der Waals surface area contributed by atoms with Gasteiger partial charge in [-0.05, 0) is 19.2 Å². The number of fused-ring (bicyclic) bond motifs is 1. The Bertz CT molecular complexity index is 751. The SMILES string of the molecule is CN1CCN(c2cccc3c(=O)cc(C(=O)O)[nH]c23)CC1.Cl. The first-order valence-corrected chi connectivity index (χ1v) is 6.89. The molecule has 0 amide bonds. The fraction of sp³-hybridized carbons (Fsp3) is 0.333. The molecule has 6 nitrogen and oxygen atoms in total. The zero-order chi connectivity index (χ0) is 15.0. The molecule has 0 spiro atoms. The lowest BCUT2D eigenvalue weighted by atomic mass is 10.1. The van der Waals surface area contributed by atoms with E-state index in [-0.39, 0.29) is 23.5 Å². The van der Waals surface area contributed by atoms with Gasteiger partial charge in [0.15, 0.2) is 5.43 Å². The number of hydrogen-bond donors (Lipinski definition) is 2. The summed E-state index contributed by atoms with van der Waals surface area (Å²) in [6.07, 6.45) is 0. The summed E-state index contributed by atoms with van der Waals surface area (Å²) >= 11 is 0. The van der Waals surface area contributed by atoms with Gasteiger partial charge < -0.3 is 19.9 Å². The molecule has 118 valence electrons. The van der Waals surface area contributed by atoms with E-state index in [4.69, 9.17) is 5.11 Å². The molecule has 0 unspecified atom stereocenters. The first-order valence-electron chi connectivity index (χ1n) is 6.89. The van der Waals surface area contributed by atoms with E-state index < -0.39 is 5.97 Å². The van der Waals surface area contributed by atoms with Crippen molar-refractivity contribution in [1.29, 1.82) is 0 Å². The lowest BCUT2D eigenvalue weighted by Crippen LogP contribution is -2.44. The van der Waals surface area contributed by atoms with Gasteiger partial charge in [0.1, 0.15) is 5.69 Å². The van der Waals surface area contributed by atoms with E-state index >= 15 is 0 Å². The number of carboxylic acids is 1. The van der Waals surface area contributed by atoms with Gasteiger partial charge in [-0.15, -0.1) is 12.4 Å². The van der Waals surface area contributed by atoms with Crippen molar-refractivity contribution in [3.05, 3.63) is 40.2 Å². The third-order valence-electron chi connectivity index (χ3n) is 3.92. The van der Waals surface area contributed by atoms with Crippen LogP contribution < -0.4 is 10.3 Å². The number of piperazine rings is 1. The summed E-state index contributed by atoms with van der Waals surface area (Å²) in [7, 11) is 2.07. The Morgan fingerprint density at radius 3 is 2.55 bits per heavy atom. The first-order chi connectivity index (χ1) is 10.1. The molecule has 3 rings (SSSR count). The zero-order valence-electron chi connectivity index (χ0n) is 12.2. The molecule has 2 aromatic rings. The standard InChI is InChI=1S/C15H17N3O3.ClH/c1-17-5-7-18(8-6-17)12-4-2-3-10-13(19)9-11(15(20)21)16-14(10)12;/h2-4,9H,5-8H2,1H3,(H,16,19)(H,20,21);1H. The van der Waals surface area contributed by atoms with Crippen molar-refractivity contribution >= 4 is 35.0 Å². The third-order valence-corrected chi connectivity index (χ3v) is 3.92. The molecule has 0 saturated carbocycles. The van der Waals surface area contributed by atoms with Gasteiger partial charge in [-0.3, -0.25) is 4.79 Å². The van der Waals surface area contributed by atoms with Gasteiger partial charge in [-0.25, -0.2) is 4.79 Å². The lowest BCUT2D eigenvalue weighted by molar-refractivity contribution is 0.0691. The summed E-state index contributed by atoms with van der Waals surface area (Å²) in [5.41, 5.74) is 1.15. The summed E-state index contributed by atoms with van der Waals surface area (Å²) in [5, 5.41) is 9.64. The molecule has 2 heterocycles. The number of carbonyl (C=O) groups is 1. The Morgan fingerprint density at radius 2 is 1.91 bits per heavy atom. The fourth-order valence-corrected chi connectivity index (χ4v) is 2.68. The summed E-state index contributed by atoms with van der Waals surface area (Å²) in [4.78, 5) is 30.5. The predicted molar refractivity (Wildman–Crippen MR) is 88.5 cm³/mol. The van der Waals surface area contributed by atoms with Crippen LogP contribution in [0.2, 0.25) is 0 Å². The molecule has 1 fully saturated rings. The molecule has 22 heavy (non-hydrogen) atoms. The number of rotatable bonds is 2. The molecule has 1 aromatic heterocycles. The van der Waals surface area contributed by atoms with E-state index in [1.807, 2.05) is 12.1 Å². The summed E-state index contributed by atoms with van der Waals surface area (Å²) in [6, 6.07) is 6.62. The van der Waals surface area contributed by atoms with Crippen LogP contribution in [0.3, 0.4) is 0 Å². The number of pyridine rings is 1. The number of nitrogens with zero attached hydrogens (tertiary/aromatic N) is 2. The summed E-state index contributed by atoms with van der Waals surface area (Å²) in [5.74, 6) is -1.12.